The number of aryl methyl sites for hydroxylation is 1. The van der Waals surface area contributed by atoms with Crippen LogP contribution >= 0.6 is 0 Å². The molecule has 9 nitrogen and oxygen atoms in total. The Morgan fingerprint density at radius 3 is 2.55 bits per heavy atom. The Bertz CT molecular complexity index is 1490. The maximum Gasteiger partial charge on any atom is 0.318 e. The van der Waals surface area contributed by atoms with Gasteiger partial charge in [0, 0.05) is 31.6 Å². The quantitative estimate of drug-likeness (QED) is 0.329. The minimum Gasteiger partial charge on any atom is -0.493 e. The third-order valence-electron chi connectivity index (χ3n) is 6.65. The molecule has 0 unspecified atom stereocenters. The maximum absolute atomic E-state index is 14.4. The maximum atomic E-state index is 14.4. The van der Waals surface area contributed by atoms with Crippen LogP contribution in [0.25, 0.3) is 11.5 Å². The lowest BCUT2D eigenvalue weighted by Gasteiger charge is -2.31. The van der Waals surface area contributed by atoms with Crippen LogP contribution in [-0.4, -0.2) is 59.3 Å². The summed E-state index contributed by atoms with van der Waals surface area (Å²) in [5.74, 6) is -4.23. The lowest BCUT2D eigenvalue weighted by Crippen LogP contribution is -2.47. The van der Waals surface area contributed by atoms with E-state index in [1.165, 1.54) is 4.31 Å². The molecular formula is C27H30F3N3O6S. The summed E-state index contributed by atoms with van der Waals surface area (Å²) in [5, 5.41) is 9.33. The van der Waals surface area contributed by atoms with Crippen molar-refractivity contribution in [3.63, 3.8) is 0 Å². The molecule has 4 rings (SSSR count). The number of aliphatic carboxylic acids is 1. The van der Waals surface area contributed by atoms with Gasteiger partial charge in [-0.05, 0) is 50.5 Å². The zero-order valence-electron chi connectivity index (χ0n) is 22.1. The predicted octanol–water partition coefficient (Wildman–Crippen LogP) is 4.61. The molecule has 1 aliphatic heterocycles. The molecule has 3 aromatic rings. The van der Waals surface area contributed by atoms with Crippen LogP contribution in [0.2, 0.25) is 0 Å². The van der Waals surface area contributed by atoms with Gasteiger partial charge in [-0.25, -0.2) is 18.2 Å². The number of piperidine rings is 1. The number of halogens is 3. The van der Waals surface area contributed by atoms with Crippen LogP contribution in [0.4, 0.5) is 13.2 Å². The monoisotopic (exact) mass is 581 g/mol. The molecule has 0 radical (unpaired) electrons. The third kappa shape index (κ3) is 6.65. The van der Waals surface area contributed by atoms with E-state index in [1.54, 1.807) is 31.2 Å². The van der Waals surface area contributed by atoms with Gasteiger partial charge in [0.2, 0.25) is 5.89 Å². The fraction of sp³-hybridized carbons (Fsp3) is 0.407. The van der Waals surface area contributed by atoms with E-state index in [4.69, 9.17) is 9.15 Å². The zero-order valence-corrected chi connectivity index (χ0v) is 22.9. The van der Waals surface area contributed by atoms with Crippen molar-refractivity contribution in [1.29, 1.82) is 0 Å². The van der Waals surface area contributed by atoms with Crippen LogP contribution in [0, 0.1) is 31.3 Å². The summed E-state index contributed by atoms with van der Waals surface area (Å²) in [6.07, 6.45) is 2.61. The van der Waals surface area contributed by atoms with Crippen LogP contribution in [0.1, 0.15) is 41.8 Å². The van der Waals surface area contributed by atoms with E-state index >= 15 is 0 Å². The highest BCUT2D eigenvalue weighted by Crippen LogP contribution is 2.29. The first-order chi connectivity index (χ1) is 19.0. The molecule has 1 N–H and O–H groups in total. The van der Waals surface area contributed by atoms with Crippen molar-refractivity contribution in [2.45, 2.75) is 46.1 Å². The first kappa shape index (κ1) is 29.6. The van der Waals surface area contributed by atoms with Crippen molar-refractivity contribution < 1.29 is 40.6 Å². The Morgan fingerprint density at radius 1 is 1.12 bits per heavy atom. The average Bonchev–Trinajstić information content (AvgIpc) is 3.29. The fourth-order valence-electron chi connectivity index (χ4n) is 4.45. The summed E-state index contributed by atoms with van der Waals surface area (Å²) in [6.45, 7) is 2.71. The van der Waals surface area contributed by atoms with Gasteiger partial charge in [-0.1, -0.05) is 18.6 Å². The number of rotatable bonds is 11. The van der Waals surface area contributed by atoms with Gasteiger partial charge in [-0.3, -0.25) is 4.79 Å². The SMILES string of the molecule is Cc1oc(-c2cc(F)c(C)c(F)c2F)nc1CCOc1cccc(CN(CC(=O)O)S(=O)(=O)N2CCCCC2)c1. The van der Waals surface area contributed by atoms with Gasteiger partial charge >= 0.3 is 5.97 Å². The minimum atomic E-state index is -3.97. The highest BCUT2D eigenvalue weighted by atomic mass is 32.2. The normalized spacial score (nSPS) is 14.6. The minimum absolute atomic E-state index is 0.111. The molecule has 0 spiro atoms. The van der Waals surface area contributed by atoms with E-state index in [2.05, 4.69) is 4.98 Å². The smallest absolute Gasteiger partial charge is 0.318 e. The molecule has 1 fully saturated rings. The van der Waals surface area contributed by atoms with E-state index in [0.29, 0.717) is 35.9 Å². The van der Waals surface area contributed by atoms with Crippen molar-refractivity contribution in [2.24, 2.45) is 0 Å². The van der Waals surface area contributed by atoms with Gasteiger partial charge in [0.25, 0.3) is 10.2 Å². The molecule has 2 aromatic carbocycles. The molecule has 0 aliphatic carbocycles. The first-order valence-electron chi connectivity index (χ1n) is 12.8. The highest BCUT2D eigenvalue weighted by molar-refractivity contribution is 7.86. The number of ether oxygens (including phenoxy) is 1. The summed E-state index contributed by atoms with van der Waals surface area (Å²) in [7, 11) is -3.97. The first-order valence-corrected chi connectivity index (χ1v) is 14.2. The number of nitrogens with zero attached hydrogens (tertiary/aromatic N) is 3. The Morgan fingerprint density at radius 2 is 1.85 bits per heavy atom. The van der Waals surface area contributed by atoms with E-state index < -0.39 is 51.3 Å². The molecule has 216 valence electrons. The standard InChI is InChI=1S/C27H30F3N3O6S/c1-17-22(28)14-21(26(30)25(17)29)27-31-23(18(2)39-27)9-12-38-20-8-6-7-19(13-20)15-33(16-24(34)35)40(36,37)32-10-4-3-5-11-32/h6-8,13-14H,3-5,9-12,15-16H2,1-2H3,(H,34,35). The Labute approximate surface area is 230 Å². The molecule has 40 heavy (non-hydrogen) atoms. The second kappa shape index (κ2) is 12.4. The number of benzene rings is 2. The summed E-state index contributed by atoms with van der Waals surface area (Å²) in [4.78, 5) is 15.6. The second-order valence-electron chi connectivity index (χ2n) is 9.56. The predicted molar refractivity (Wildman–Crippen MR) is 139 cm³/mol. The molecule has 0 amide bonds. The van der Waals surface area contributed by atoms with E-state index in [9.17, 15) is 31.5 Å². The molecule has 0 atom stereocenters. The fourth-order valence-corrected chi connectivity index (χ4v) is 6.08. The Balaban J connectivity index is 1.43. The number of hydrogen-bond acceptors (Lipinski definition) is 6. The molecule has 1 saturated heterocycles. The van der Waals surface area contributed by atoms with Crippen LogP contribution < -0.4 is 4.74 Å². The van der Waals surface area contributed by atoms with Gasteiger partial charge in [-0.15, -0.1) is 0 Å². The van der Waals surface area contributed by atoms with E-state index in [1.807, 2.05) is 0 Å². The zero-order chi connectivity index (χ0) is 29.0. The van der Waals surface area contributed by atoms with E-state index in [0.717, 1.165) is 36.6 Å². The summed E-state index contributed by atoms with van der Waals surface area (Å²) >= 11 is 0. The van der Waals surface area contributed by atoms with Crippen molar-refractivity contribution in [3.8, 4) is 17.2 Å². The number of carbonyl (C=O) groups is 1. The summed E-state index contributed by atoms with van der Waals surface area (Å²) < 4.78 is 82.1. The van der Waals surface area contributed by atoms with Gasteiger partial charge in [0.05, 0.1) is 17.9 Å². The van der Waals surface area contributed by atoms with Crippen LogP contribution in [-0.2, 0) is 28.0 Å². The van der Waals surface area contributed by atoms with Gasteiger partial charge in [0.15, 0.2) is 11.6 Å². The number of oxazole rings is 1. The molecule has 1 aromatic heterocycles. The second-order valence-corrected chi connectivity index (χ2v) is 11.5. The number of carboxylic acid groups (broad SMARTS) is 1. The van der Waals surface area contributed by atoms with Gasteiger partial charge < -0.3 is 14.3 Å². The van der Waals surface area contributed by atoms with Crippen LogP contribution in [0.15, 0.2) is 34.7 Å². The Kier molecular flexibility index (Phi) is 9.16. The molecule has 2 heterocycles. The molecule has 1 aliphatic rings. The lowest BCUT2D eigenvalue weighted by molar-refractivity contribution is -0.137. The topological polar surface area (TPSA) is 113 Å². The number of aromatic nitrogens is 1. The number of carboxylic acids is 1. The molecule has 13 heteroatoms. The van der Waals surface area contributed by atoms with Crippen molar-refractivity contribution in [1.82, 2.24) is 13.6 Å². The van der Waals surface area contributed by atoms with Crippen molar-refractivity contribution in [2.75, 3.05) is 26.2 Å². The summed E-state index contributed by atoms with van der Waals surface area (Å²) in [5.41, 5.74) is 0.0925. The highest BCUT2D eigenvalue weighted by Gasteiger charge is 2.32. The van der Waals surface area contributed by atoms with Gasteiger partial charge in [-0.2, -0.15) is 17.0 Å². The van der Waals surface area contributed by atoms with Gasteiger partial charge in [0.1, 0.15) is 23.9 Å². The van der Waals surface area contributed by atoms with Crippen molar-refractivity contribution >= 4 is 16.2 Å². The molecular weight excluding hydrogens is 551 g/mol. The molecule has 0 bridgehead atoms. The van der Waals surface area contributed by atoms with Crippen LogP contribution in [0.5, 0.6) is 5.75 Å². The average molecular weight is 582 g/mol. The third-order valence-corrected chi connectivity index (χ3v) is 8.58. The number of hydrogen-bond donors (Lipinski definition) is 1. The lowest BCUT2D eigenvalue weighted by atomic mass is 10.1. The summed E-state index contributed by atoms with van der Waals surface area (Å²) in [6, 6.07) is 7.47. The molecule has 0 saturated carbocycles. The van der Waals surface area contributed by atoms with Crippen LogP contribution in [0.3, 0.4) is 0 Å². The largest absolute Gasteiger partial charge is 0.493 e. The Hall–Kier alpha value is -3.42. The van der Waals surface area contributed by atoms with Crippen molar-refractivity contribution in [3.05, 3.63) is 70.4 Å². The van der Waals surface area contributed by atoms with E-state index in [-0.39, 0.29) is 25.5 Å².